The second-order valence-electron chi connectivity index (χ2n) is 5.09. The van der Waals surface area contributed by atoms with E-state index >= 15 is 0 Å². The molecule has 1 aliphatic rings. The van der Waals surface area contributed by atoms with Gasteiger partial charge in [0.25, 0.3) is 0 Å². The number of nitrogens with zero attached hydrogens (tertiary/aromatic N) is 1. The molecule has 1 N–H and O–H groups in total. The molecule has 0 saturated heterocycles. The van der Waals surface area contributed by atoms with Gasteiger partial charge in [0, 0.05) is 31.8 Å². The number of H-pyrrole nitrogens is 1. The van der Waals surface area contributed by atoms with Crippen molar-refractivity contribution in [3.05, 3.63) is 47.8 Å². The smallest absolute Gasteiger partial charge is 0.0998 e. The first kappa shape index (κ1) is 13.1. The van der Waals surface area contributed by atoms with Crippen LogP contribution in [0.3, 0.4) is 0 Å². The third-order valence-corrected chi connectivity index (χ3v) is 3.37. The lowest BCUT2D eigenvalue weighted by Gasteiger charge is -2.32. The Bertz CT molecular complexity index is 453. The predicted molar refractivity (Wildman–Crippen MR) is 76.6 cm³/mol. The number of aromatic nitrogens is 1. The van der Waals surface area contributed by atoms with Crippen LogP contribution in [0.1, 0.15) is 31.2 Å². The second-order valence-corrected chi connectivity index (χ2v) is 5.09. The van der Waals surface area contributed by atoms with E-state index in [1.807, 2.05) is 0 Å². The van der Waals surface area contributed by atoms with Gasteiger partial charge in [-0.1, -0.05) is 18.2 Å². The molecule has 100 valence electrons. The zero-order chi connectivity index (χ0) is 13.1. The molecular formula is C15H24N2O. The Balaban J connectivity index is 0.00000180. The van der Waals surface area contributed by atoms with Crippen molar-refractivity contribution in [3.8, 4) is 0 Å². The summed E-state index contributed by atoms with van der Waals surface area (Å²) >= 11 is 0. The SMILES string of the molecule is C=CCOCN1Cc2[nH]c(C)cc2[C@H](C(=C)C)C1.[HH]. The first-order valence-electron chi connectivity index (χ1n) is 6.36. The monoisotopic (exact) mass is 248 g/mol. The van der Waals surface area contributed by atoms with Crippen molar-refractivity contribution in [1.29, 1.82) is 0 Å². The van der Waals surface area contributed by atoms with Gasteiger partial charge in [0.2, 0.25) is 0 Å². The first-order valence-corrected chi connectivity index (χ1v) is 6.36. The maximum Gasteiger partial charge on any atom is 0.0998 e. The molecule has 0 spiro atoms. The fraction of sp³-hybridized carbons (Fsp3) is 0.467. The third-order valence-electron chi connectivity index (χ3n) is 3.37. The molecule has 1 aromatic rings. The van der Waals surface area contributed by atoms with E-state index in [-0.39, 0.29) is 1.43 Å². The number of fused-ring (bicyclic) bond motifs is 1. The number of ether oxygens (including phenoxy) is 1. The molecule has 0 unspecified atom stereocenters. The lowest BCUT2D eigenvalue weighted by molar-refractivity contribution is 0.0316. The van der Waals surface area contributed by atoms with Gasteiger partial charge in [-0.05, 0) is 25.5 Å². The molecule has 1 atom stereocenters. The Morgan fingerprint density at radius 2 is 2.50 bits per heavy atom. The van der Waals surface area contributed by atoms with Crippen molar-refractivity contribution in [2.75, 3.05) is 19.9 Å². The fourth-order valence-electron chi connectivity index (χ4n) is 2.54. The van der Waals surface area contributed by atoms with Crippen LogP contribution < -0.4 is 0 Å². The average Bonchev–Trinajstić information content (AvgIpc) is 2.68. The first-order chi connectivity index (χ1) is 8.61. The molecule has 2 heterocycles. The van der Waals surface area contributed by atoms with Crippen LogP contribution in [0.15, 0.2) is 30.9 Å². The van der Waals surface area contributed by atoms with Crippen molar-refractivity contribution in [2.24, 2.45) is 0 Å². The van der Waals surface area contributed by atoms with E-state index in [9.17, 15) is 0 Å². The lowest BCUT2D eigenvalue weighted by Crippen LogP contribution is -2.35. The van der Waals surface area contributed by atoms with Crippen molar-refractivity contribution in [1.82, 2.24) is 9.88 Å². The fourth-order valence-corrected chi connectivity index (χ4v) is 2.54. The van der Waals surface area contributed by atoms with Crippen molar-refractivity contribution in [3.63, 3.8) is 0 Å². The molecular weight excluding hydrogens is 224 g/mol. The molecule has 0 radical (unpaired) electrons. The number of aromatic amines is 1. The van der Waals surface area contributed by atoms with Crippen LogP contribution in [0, 0.1) is 6.92 Å². The van der Waals surface area contributed by atoms with Gasteiger partial charge >= 0.3 is 0 Å². The predicted octanol–water partition coefficient (Wildman–Crippen LogP) is 3.20. The van der Waals surface area contributed by atoms with Crippen LogP contribution in [0.5, 0.6) is 0 Å². The number of rotatable bonds is 5. The quantitative estimate of drug-likeness (QED) is 0.640. The summed E-state index contributed by atoms with van der Waals surface area (Å²) in [5, 5.41) is 0. The van der Waals surface area contributed by atoms with Crippen LogP contribution in [0.2, 0.25) is 0 Å². The van der Waals surface area contributed by atoms with Gasteiger partial charge in [-0.25, -0.2) is 0 Å². The van der Waals surface area contributed by atoms with E-state index in [2.05, 4.69) is 43.0 Å². The average molecular weight is 248 g/mol. The maximum atomic E-state index is 5.54. The molecule has 3 heteroatoms. The summed E-state index contributed by atoms with van der Waals surface area (Å²) in [6.07, 6.45) is 1.78. The Morgan fingerprint density at radius 1 is 1.72 bits per heavy atom. The van der Waals surface area contributed by atoms with Crippen molar-refractivity contribution in [2.45, 2.75) is 26.3 Å². The van der Waals surface area contributed by atoms with Gasteiger partial charge in [0.05, 0.1) is 13.3 Å². The van der Waals surface area contributed by atoms with E-state index in [4.69, 9.17) is 4.74 Å². The Morgan fingerprint density at radius 3 is 3.17 bits per heavy atom. The van der Waals surface area contributed by atoms with Gasteiger partial charge in [0.1, 0.15) is 0 Å². The molecule has 0 amide bonds. The zero-order valence-corrected chi connectivity index (χ0v) is 11.3. The lowest BCUT2D eigenvalue weighted by atomic mass is 9.89. The van der Waals surface area contributed by atoms with Gasteiger partial charge in [-0.3, -0.25) is 4.90 Å². The highest BCUT2D eigenvalue weighted by atomic mass is 16.5. The minimum absolute atomic E-state index is 0. The molecule has 1 aliphatic heterocycles. The zero-order valence-electron chi connectivity index (χ0n) is 11.3. The standard InChI is InChI=1S/C15H22N2O.H2/c1-5-6-18-10-17-8-14(11(2)3)13-7-12(4)16-15(13)9-17;/h5,7,14,16H,1-2,6,8-10H2,3-4H3;1H/t14-;/m0./s1. The maximum absolute atomic E-state index is 5.54. The van der Waals surface area contributed by atoms with Gasteiger partial charge in [-0.2, -0.15) is 0 Å². The Hall–Kier alpha value is -1.32. The number of nitrogens with one attached hydrogen (secondary N) is 1. The van der Waals surface area contributed by atoms with Crippen LogP contribution in [0.4, 0.5) is 0 Å². The summed E-state index contributed by atoms with van der Waals surface area (Å²) in [5.41, 5.74) is 5.14. The van der Waals surface area contributed by atoms with Gasteiger partial charge in [0.15, 0.2) is 0 Å². The highest BCUT2D eigenvalue weighted by molar-refractivity contribution is 5.36. The topological polar surface area (TPSA) is 28.3 Å². The Labute approximate surface area is 111 Å². The highest BCUT2D eigenvalue weighted by Gasteiger charge is 2.27. The molecule has 0 bridgehead atoms. The van der Waals surface area contributed by atoms with E-state index in [1.54, 1.807) is 6.08 Å². The third kappa shape index (κ3) is 2.74. The molecule has 1 aromatic heterocycles. The summed E-state index contributed by atoms with van der Waals surface area (Å²) in [5.74, 6) is 0.408. The summed E-state index contributed by atoms with van der Waals surface area (Å²) < 4.78 is 5.54. The van der Waals surface area contributed by atoms with E-state index in [0.717, 1.165) is 13.1 Å². The minimum Gasteiger partial charge on any atom is -0.362 e. The van der Waals surface area contributed by atoms with E-state index in [1.165, 1.54) is 22.5 Å². The van der Waals surface area contributed by atoms with E-state index < -0.39 is 0 Å². The highest BCUT2D eigenvalue weighted by Crippen LogP contribution is 2.32. The normalized spacial score (nSPS) is 19.6. The minimum atomic E-state index is 0. The molecule has 3 nitrogen and oxygen atoms in total. The summed E-state index contributed by atoms with van der Waals surface area (Å²) in [7, 11) is 0. The number of aryl methyl sites for hydroxylation is 1. The summed E-state index contributed by atoms with van der Waals surface area (Å²) in [6, 6.07) is 2.25. The molecule has 0 fully saturated rings. The van der Waals surface area contributed by atoms with E-state index in [0.29, 0.717) is 19.3 Å². The van der Waals surface area contributed by atoms with Crippen molar-refractivity contribution < 1.29 is 6.16 Å². The molecule has 0 aliphatic carbocycles. The summed E-state index contributed by atoms with van der Waals surface area (Å²) in [4.78, 5) is 5.75. The van der Waals surface area contributed by atoms with Gasteiger partial charge in [-0.15, -0.1) is 6.58 Å². The number of hydrogen-bond donors (Lipinski definition) is 1. The van der Waals surface area contributed by atoms with Crippen molar-refractivity contribution >= 4 is 0 Å². The molecule has 18 heavy (non-hydrogen) atoms. The largest absolute Gasteiger partial charge is 0.362 e. The molecule has 2 rings (SSSR count). The second kappa shape index (κ2) is 5.55. The van der Waals surface area contributed by atoms with Crippen LogP contribution in [-0.2, 0) is 11.3 Å². The van der Waals surface area contributed by atoms with Crippen LogP contribution in [0.25, 0.3) is 0 Å². The summed E-state index contributed by atoms with van der Waals surface area (Å²) in [6.45, 7) is 15.1. The molecule has 0 aromatic carbocycles. The van der Waals surface area contributed by atoms with Gasteiger partial charge < -0.3 is 9.72 Å². The molecule has 0 saturated carbocycles. The number of hydrogen-bond acceptors (Lipinski definition) is 2. The Kier molecular flexibility index (Phi) is 4.04. The van der Waals surface area contributed by atoms with Crippen LogP contribution >= 0.6 is 0 Å². The van der Waals surface area contributed by atoms with Crippen LogP contribution in [-0.4, -0.2) is 29.8 Å².